The molecule has 0 fully saturated rings. The standard InChI is InChI=1S/C19H18N10O/c1-27-17(9-13(25-27)18-15(30-3)5-4-6-20-18)23-16-10-14(29-8-7-21-26-29)12-11-22-28(2)19(12)24-16/h4-11H,1-3H3,(H,23,24). The van der Waals surface area contributed by atoms with E-state index in [1.165, 1.54) is 0 Å². The summed E-state index contributed by atoms with van der Waals surface area (Å²) in [5.74, 6) is 2.03. The van der Waals surface area contributed by atoms with Crippen molar-refractivity contribution in [3.8, 4) is 22.8 Å². The number of ether oxygens (including phenoxy) is 1. The molecule has 0 aliphatic carbocycles. The largest absolute Gasteiger partial charge is 0.494 e. The Kier molecular flexibility index (Phi) is 4.12. The first-order valence-electron chi connectivity index (χ1n) is 9.14. The summed E-state index contributed by atoms with van der Waals surface area (Å²) in [4.78, 5) is 9.10. The van der Waals surface area contributed by atoms with Gasteiger partial charge in [0.15, 0.2) is 5.65 Å². The molecule has 0 amide bonds. The maximum absolute atomic E-state index is 5.41. The van der Waals surface area contributed by atoms with E-state index in [0.29, 0.717) is 23.0 Å². The van der Waals surface area contributed by atoms with Crippen molar-refractivity contribution < 1.29 is 4.74 Å². The van der Waals surface area contributed by atoms with Gasteiger partial charge in [0.1, 0.15) is 28.8 Å². The van der Waals surface area contributed by atoms with Gasteiger partial charge in [0.2, 0.25) is 0 Å². The number of methoxy groups -OCH3 is 1. The minimum absolute atomic E-state index is 0.624. The second-order valence-electron chi connectivity index (χ2n) is 6.60. The predicted molar refractivity (Wildman–Crippen MR) is 110 cm³/mol. The van der Waals surface area contributed by atoms with Crippen LogP contribution in [0.5, 0.6) is 5.75 Å². The summed E-state index contributed by atoms with van der Waals surface area (Å²) in [6.45, 7) is 0. The zero-order valence-corrected chi connectivity index (χ0v) is 16.6. The lowest BCUT2D eigenvalue weighted by molar-refractivity contribution is 0.414. The van der Waals surface area contributed by atoms with Gasteiger partial charge in [-0.1, -0.05) is 5.21 Å². The van der Waals surface area contributed by atoms with Crippen LogP contribution in [-0.4, -0.2) is 51.6 Å². The molecule has 0 spiro atoms. The average Bonchev–Trinajstić information content (AvgIpc) is 3.50. The maximum atomic E-state index is 5.41. The Morgan fingerprint density at radius 2 is 2.00 bits per heavy atom. The van der Waals surface area contributed by atoms with Crippen LogP contribution < -0.4 is 10.1 Å². The second-order valence-corrected chi connectivity index (χ2v) is 6.60. The van der Waals surface area contributed by atoms with Gasteiger partial charge in [0.05, 0.1) is 36.8 Å². The molecule has 0 aromatic carbocycles. The van der Waals surface area contributed by atoms with Crippen molar-refractivity contribution in [2.75, 3.05) is 12.4 Å². The molecule has 5 heterocycles. The lowest BCUT2D eigenvalue weighted by Gasteiger charge is -2.09. The Bertz CT molecular complexity index is 1340. The lowest BCUT2D eigenvalue weighted by Crippen LogP contribution is -2.04. The average molecular weight is 402 g/mol. The number of hydrogen-bond donors (Lipinski definition) is 1. The van der Waals surface area contributed by atoms with E-state index in [1.807, 2.05) is 38.4 Å². The van der Waals surface area contributed by atoms with Crippen LogP contribution in [0.1, 0.15) is 0 Å². The Labute approximate surface area is 170 Å². The molecule has 1 N–H and O–H groups in total. The van der Waals surface area contributed by atoms with Gasteiger partial charge in [-0.25, -0.2) is 9.67 Å². The second kappa shape index (κ2) is 6.95. The highest BCUT2D eigenvalue weighted by Gasteiger charge is 2.16. The topological polar surface area (TPSA) is 113 Å². The van der Waals surface area contributed by atoms with Crippen LogP contribution in [0.3, 0.4) is 0 Å². The van der Waals surface area contributed by atoms with E-state index in [-0.39, 0.29) is 0 Å². The number of nitrogens with zero attached hydrogens (tertiary/aromatic N) is 9. The van der Waals surface area contributed by atoms with Gasteiger partial charge in [-0.15, -0.1) is 5.10 Å². The summed E-state index contributed by atoms with van der Waals surface area (Å²) in [7, 11) is 5.31. The monoisotopic (exact) mass is 402 g/mol. The highest BCUT2D eigenvalue weighted by Crippen LogP contribution is 2.30. The van der Waals surface area contributed by atoms with Gasteiger partial charge in [-0.2, -0.15) is 10.2 Å². The van der Waals surface area contributed by atoms with E-state index in [0.717, 1.165) is 22.5 Å². The quantitative estimate of drug-likeness (QED) is 0.475. The van der Waals surface area contributed by atoms with Crippen LogP contribution in [0.2, 0.25) is 0 Å². The third-order valence-electron chi connectivity index (χ3n) is 4.72. The zero-order chi connectivity index (χ0) is 20.7. The highest BCUT2D eigenvalue weighted by atomic mass is 16.5. The summed E-state index contributed by atoms with van der Waals surface area (Å²) >= 11 is 0. The molecule has 0 unspecified atom stereocenters. The number of aryl methyl sites for hydroxylation is 2. The van der Waals surface area contributed by atoms with Crippen molar-refractivity contribution in [2.45, 2.75) is 0 Å². The highest BCUT2D eigenvalue weighted by molar-refractivity contribution is 5.86. The number of anilines is 2. The number of fused-ring (bicyclic) bond motifs is 1. The van der Waals surface area contributed by atoms with Crippen LogP contribution in [0, 0.1) is 0 Å². The van der Waals surface area contributed by atoms with E-state index in [4.69, 9.17) is 9.72 Å². The fourth-order valence-corrected chi connectivity index (χ4v) is 3.27. The van der Waals surface area contributed by atoms with Crippen LogP contribution in [-0.2, 0) is 14.1 Å². The molecule has 0 atom stereocenters. The van der Waals surface area contributed by atoms with Gasteiger partial charge < -0.3 is 10.1 Å². The molecule has 11 nitrogen and oxygen atoms in total. The first kappa shape index (κ1) is 17.8. The third-order valence-corrected chi connectivity index (χ3v) is 4.72. The first-order valence-corrected chi connectivity index (χ1v) is 9.14. The number of nitrogens with one attached hydrogen (secondary N) is 1. The smallest absolute Gasteiger partial charge is 0.162 e. The summed E-state index contributed by atoms with van der Waals surface area (Å²) in [5, 5.41) is 21.1. The van der Waals surface area contributed by atoms with Crippen LogP contribution in [0.25, 0.3) is 28.1 Å². The molecule has 11 heteroatoms. The van der Waals surface area contributed by atoms with E-state index >= 15 is 0 Å². The van der Waals surface area contributed by atoms with Crippen molar-refractivity contribution in [3.63, 3.8) is 0 Å². The molecular formula is C19H18N10O. The number of rotatable bonds is 5. The maximum Gasteiger partial charge on any atom is 0.162 e. The molecular weight excluding hydrogens is 384 g/mol. The van der Waals surface area contributed by atoms with Gasteiger partial charge in [-0.05, 0) is 12.1 Å². The molecule has 0 radical (unpaired) electrons. The Balaban J connectivity index is 1.57. The van der Waals surface area contributed by atoms with Crippen LogP contribution >= 0.6 is 0 Å². The summed E-state index contributed by atoms with van der Waals surface area (Å²) < 4.78 is 10.5. The van der Waals surface area contributed by atoms with Crippen LogP contribution in [0.15, 0.2) is 49.1 Å². The van der Waals surface area contributed by atoms with Gasteiger partial charge in [0.25, 0.3) is 0 Å². The number of aromatic nitrogens is 9. The molecule has 150 valence electrons. The predicted octanol–water partition coefficient (Wildman–Crippen LogP) is 2.10. The molecule has 5 aromatic rings. The zero-order valence-electron chi connectivity index (χ0n) is 16.6. The Morgan fingerprint density at radius 3 is 2.80 bits per heavy atom. The molecule has 0 saturated heterocycles. The van der Waals surface area contributed by atoms with Crippen molar-refractivity contribution >= 4 is 22.7 Å². The number of pyridine rings is 2. The minimum atomic E-state index is 0.624. The molecule has 5 aromatic heterocycles. The van der Waals surface area contributed by atoms with Crippen molar-refractivity contribution in [3.05, 3.63) is 49.1 Å². The van der Waals surface area contributed by atoms with Crippen molar-refractivity contribution in [1.82, 2.24) is 44.5 Å². The number of hydrogen-bond acceptors (Lipinski definition) is 8. The fraction of sp³-hybridized carbons (Fsp3) is 0.158. The normalized spacial score (nSPS) is 11.2. The SMILES string of the molecule is COc1cccnc1-c1cc(Nc2cc(-n3ccnn3)c3cnn(C)c3n2)n(C)n1. The van der Waals surface area contributed by atoms with Gasteiger partial charge >= 0.3 is 0 Å². The lowest BCUT2D eigenvalue weighted by atomic mass is 10.2. The first-order chi connectivity index (χ1) is 14.6. The Morgan fingerprint density at radius 1 is 1.10 bits per heavy atom. The molecule has 0 bridgehead atoms. The summed E-state index contributed by atoms with van der Waals surface area (Å²) in [6.07, 6.45) is 6.88. The summed E-state index contributed by atoms with van der Waals surface area (Å²) in [5.41, 5.74) is 2.90. The molecule has 0 aliphatic rings. The molecule has 30 heavy (non-hydrogen) atoms. The van der Waals surface area contributed by atoms with E-state index < -0.39 is 0 Å². The minimum Gasteiger partial charge on any atom is -0.494 e. The van der Waals surface area contributed by atoms with Gasteiger partial charge in [-0.3, -0.25) is 14.3 Å². The van der Waals surface area contributed by atoms with Crippen molar-refractivity contribution in [2.24, 2.45) is 14.1 Å². The van der Waals surface area contributed by atoms with Crippen molar-refractivity contribution in [1.29, 1.82) is 0 Å². The summed E-state index contributed by atoms with van der Waals surface area (Å²) in [6, 6.07) is 7.47. The molecule has 0 aliphatic heterocycles. The van der Waals surface area contributed by atoms with Crippen LogP contribution in [0.4, 0.5) is 11.6 Å². The Hall–Kier alpha value is -4.28. The fourth-order valence-electron chi connectivity index (χ4n) is 3.27. The third kappa shape index (κ3) is 2.92. The van der Waals surface area contributed by atoms with E-state index in [1.54, 1.807) is 45.9 Å². The molecule has 0 saturated carbocycles. The van der Waals surface area contributed by atoms with E-state index in [2.05, 4.69) is 30.8 Å². The van der Waals surface area contributed by atoms with Gasteiger partial charge in [0, 0.05) is 32.4 Å². The molecule has 5 rings (SSSR count). The van der Waals surface area contributed by atoms with E-state index in [9.17, 15) is 0 Å².